The molecule has 0 aromatic rings. The predicted molar refractivity (Wildman–Crippen MR) is 98.4 cm³/mol. The van der Waals surface area contributed by atoms with Crippen LogP contribution in [-0.2, 0) is 28.4 Å². The smallest absolute Gasteiger partial charge is 0.0701 e. The van der Waals surface area contributed by atoms with Gasteiger partial charge in [0.2, 0.25) is 0 Å². The maximum Gasteiger partial charge on any atom is 0.0701 e. The number of rotatable bonds is 22. The van der Waals surface area contributed by atoms with E-state index in [0.29, 0.717) is 66.1 Å². The van der Waals surface area contributed by atoms with Crippen molar-refractivity contribution in [3.8, 4) is 0 Å². The zero-order chi connectivity index (χ0) is 18.3. The lowest BCUT2D eigenvalue weighted by molar-refractivity contribution is -0.0166. The van der Waals surface area contributed by atoms with Gasteiger partial charge in [-0.05, 0) is 13.0 Å². The summed E-state index contributed by atoms with van der Waals surface area (Å²) in [6, 6.07) is 0. The average Bonchev–Trinajstić information content (AvgIpc) is 2.63. The van der Waals surface area contributed by atoms with E-state index in [1.54, 1.807) is 0 Å². The van der Waals surface area contributed by atoms with E-state index in [4.69, 9.17) is 28.4 Å². The second kappa shape index (κ2) is 23.7. The van der Waals surface area contributed by atoms with Crippen molar-refractivity contribution in [3.05, 3.63) is 0 Å². The van der Waals surface area contributed by atoms with Gasteiger partial charge in [0.1, 0.15) is 0 Å². The van der Waals surface area contributed by atoms with Crippen molar-refractivity contribution >= 4 is 0 Å². The summed E-state index contributed by atoms with van der Waals surface area (Å²) in [6.07, 6.45) is 2.27. The van der Waals surface area contributed by atoms with Gasteiger partial charge in [-0.3, -0.25) is 0 Å². The van der Waals surface area contributed by atoms with Gasteiger partial charge in [0, 0.05) is 13.2 Å². The predicted octanol–water partition coefficient (Wildman–Crippen LogP) is 1.50. The Hall–Kier alpha value is -0.280. The lowest BCUT2D eigenvalue weighted by Crippen LogP contribution is -2.20. The van der Waals surface area contributed by atoms with E-state index in [-0.39, 0.29) is 0 Å². The Morgan fingerprint density at radius 2 is 0.840 bits per heavy atom. The van der Waals surface area contributed by atoms with E-state index in [1.807, 2.05) is 0 Å². The summed E-state index contributed by atoms with van der Waals surface area (Å²) in [5, 5.41) is 3.20. The highest BCUT2D eigenvalue weighted by molar-refractivity contribution is 4.40. The molecule has 0 saturated heterocycles. The summed E-state index contributed by atoms with van der Waals surface area (Å²) in [5.74, 6) is 0. The van der Waals surface area contributed by atoms with Gasteiger partial charge in [0.15, 0.2) is 0 Å². The molecule has 7 heteroatoms. The van der Waals surface area contributed by atoms with Crippen LogP contribution in [0.2, 0.25) is 0 Å². The van der Waals surface area contributed by atoms with Crippen LogP contribution in [0, 0.1) is 0 Å². The third kappa shape index (κ3) is 23.7. The summed E-state index contributed by atoms with van der Waals surface area (Å²) in [6.45, 7) is 13.6. The van der Waals surface area contributed by atoms with Crippen LogP contribution in [0.4, 0.5) is 0 Å². The molecule has 0 unspecified atom stereocenters. The lowest BCUT2D eigenvalue weighted by Gasteiger charge is -2.08. The van der Waals surface area contributed by atoms with Gasteiger partial charge in [0.25, 0.3) is 0 Å². The molecule has 0 spiro atoms. The minimum atomic E-state index is 0.572. The van der Waals surface area contributed by atoms with Gasteiger partial charge in [0.05, 0.1) is 72.7 Å². The minimum Gasteiger partial charge on any atom is -0.379 e. The molecule has 0 rings (SSSR count). The molecule has 0 fully saturated rings. The van der Waals surface area contributed by atoms with E-state index in [9.17, 15) is 0 Å². The number of likely N-dealkylation sites (N-methyl/N-ethyl adjacent to an activating group) is 1. The van der Waals surface area contributed by atoms with Crippen LogP contribution in [0.1, 0.15) is 26.7 Å². The van der Waals surface area contributed by atoms with Gasteiger partial charge >= 0.3 is 0 Å². The molecule has 0 amide bonds. The highest BCUT2D eigenvalue weighted by Gasteiger charge is 1.94. The zero-order valence-electron chi connectivity index (χ0n) is 16.3. The molecule has 0 heterocycles. The van der Waals surface area contributed by atoms with E-state index < -0.39 is 0 Å². The normalized spacial score (nSPS) is 11.3. The molecule has 0 aliphatic heterocycles. The second-order valence-electron chi connectivity index (χ2n) is 5.38. The summed E-state index contributed by atoms with van der Waals surface area (Å²) in [5.41, 5.74) is 0. The maximum absolute atomic E-state index is 5.41. The summed E-state index contributed by atoms with van der Waals surface area (Å²) in [7, 11) is 0. The van der Waals surface area contributed by atoms with Crippen molar-refractivity contribution in [2.24, 2.45) is 0 Å². The summed E-state index contributed by atoms with van der Waals surface area (Å²) >= 11 is 0. The van der Waals surface area contributed by atoms with Crippen LogP contribution in [0.25, 0.3) is 0 Å². The molecule has 0 aromatic carbocycles. The molecular weight excluding hydrogens is 326 g/mol. The van der Waals surface area contributed by atoms with Crippen molar-refractivity contribution in [2.45, 2.75) is 26.7 Å². The Balaban J connectivity index is 2.94. The molecule has 0 bridgehead atoms. The molecule has 0 aliphatic carbocycles. The van der Waals surface area contributed by atoms with Gasteiger partial charge < -0.3 is 33.7 Å². The number of unbranched alkanes of at least 4 members (excludes halogenated alkanes) is 1. The summed E-state index contributed by atoms with van der Waals surface area (Å²) < 4.78 is 32.4. The molecular formula is C18H39NO6. The Bertz CT molecular complexity index is 212. The van der Waals surface area contributed by atoms with Crippen LogP contribution in [0.5, 0.6) is 0 Å². The quantitative estimate of drug-likeness (QED) is 0.292. The van der Waals surface area contributed by atoms with E-state index in [0.717, 1.165) is 39.1 Å². The largest absolute Gasteiger partial charge is 0.379 e. The Labute approximate surface area is 153 Å². The molecule has 0 aromatic heterocycles. The van der Waals surface area contributed by atoms with E-state index >= 15 is 0 Å². The fraction of sp³-hybridized carbons (Fsp3) is 1.00. The molecule has 152 valence electrons. The van der Waals surface area contributed by atoms with E-state index in [1.165, 1.54) is 0 Å². The first kappa shape index (κ1) is 24.7. The van der Waals surface area contributed by atoms with Crippen molar-refractivity contribution in [1.29, 1.82) is 0 Å². The molecule has 25 heavy (non-hydrogen) atoms. The van der Waals surface area contributed by atoms with Gasteiger partial charge in [-0.2, -0.15) is 0 Å². The van der Waals surface area contributed by atoms with Gasteiger partial charge in [-0.15, -0.1) is 0 Å². The Morgan fingerprint density at radius 3 is 1.20 bits per heavy atom. The first-order valence-corrected chi connectivity index (χ1v) is 9.59. The standard InChI is InChI=1S/C18H39NO6/c1-3-5-7-20-9-11-22-13-15-24-17-18-25-16-14-23-12-10-21-8-6-19-4-2/h19H,3-18H2,1-2H3. The molecule has 0 radical (unpaired) electrons. The fourth-order valence-electron chi connectivity index (χ4n) is 1.77. The first-order chi connectivity index (χ1) is 12.4. The highest BCUT2D eigenvalue weighted by Crippen LogP contribution is 1.88. The third-order valence-electron chi connectivity index (χ3n) is 3.18. The summed E-state index contributed by atoms with van der Waals surface area (Å²) in [4.78, 5) is 0. The SMILES string of the molecule is CCCCOCCOCCOCCOCCOCCOCCNCC. The average molecular weight is 366 g/mol. The van der Waals surface area contributed by atoms with Crippen LogP contribution in [-0.4, -0.2) is 92.4 Å². The van der Waals surface area contributed by atoms with E-state index in [2.05, 4.69) is 19.2 Å². The third-order valence-corrected chi connectivity index (χ3v) is 3.18. The Kier molecular flexibility index (Phi) is 23.5. The highest BCUT2D eigenvalue weighted by atomic mass is 16.6. The van der Waals surface area contributed by atoms with Gasteiger partial charge in [-0.1, -0.05) is 20.3 Å². The second-order valence-corrected chi connectivity index (χ2v) is 5.38. The number of ether oxygens (including phenoxy) is 6. The Morgan fingerprint density at radius 1 is 0.480 bits per heavy atom. The molecule has 0 aliphatic rings. The number of hydrogen-bond acceptors (Lipinski definition) is 7. The molecule has 1 N–H and O–H groups in total. The maximum atomic E-state index is 5.41. The van der Waals surface area contributed by atoms with Crippen LogP contribution in [0.15, 0.2) is 0 Å². The molecule has 7 nitrogen and oxygen atoms in total. The van der Waals surface area contributed by atoms with Gasteiger partial charge in [-0.25, -0.2) is 0 Å². The monoisotopic (exact) mass is 365 g/mol. The number of nitrogens with one attached hydrogen (secondary N) is 1. The van der Waals surface area contributed by atoms with Crippen molar-refractivity contribution in [3.63, 3.8) is 0 Å². The van der Waals surface area contributed by atoms with Crippen LogP contribution >= 0.6 is 0 Å². The number of hydrogen-bond donors (Lipinski definition) is 1. The van der Waals surface area contributed by atoms with Crippen molar-refractivity contribution in [1.82, 2.24) is 5.32 Å². The fourth-order valence-corrected chi connectivity index (χ4v) is 1.77. The molecule has 0 saturated carbocycles. The zero-order valence-corrected chi connectivity index (χ0v) is 16.3. The van der Waals surface area contributed by atoms with Crippen molar-refractivity contribution in [2.75, 3.05) is 92.4 Å². The first-order valence-electron chi connectivity index (χ1n) is 9.59. The topological polar surface area (TPSA) is 67.4 Å². The van der Waals surface area contributed by atoms with Crippen LogP contribution < -0.4 is 5.32 Å². The van der Waals surface area contributed by atoms with Crippen molar-refractivity contribution < 1.29 is 28.4 Å². The molecule has 0 atom stereocenters. The minimum absolute atomic E-state index is 0.572. The lowest BCUT2D eigenvalue weighted by atomic mass is 10.4. The van der Waals surface area contributed by atoms with Crippen LogP contribution in [0.3, 0.4) is 0 Å².